The molecule has 0 bridgehead atoms. The summed E-state index contributed by atoms with van der Waals surface area (Å²) in [4.78, 5) is 31.1. The topological polar surface area (TPSA) is 79.3 Å². The van der Waals surface area contributed by atoms with E-state index < -0.39 is 12.0 Å². The molecule has 1 aliphatic rings. The first kappa shape index (κ1) is 30.7. The molecule has 1 amide bonds. The fourth-order valence-corrected chi connectivity index (χ4v) is 6.89. The van der Waals surface area contributed by atoms with Crippen molar-refractivity contribution in [1.82, 2.24) is 10.3 Å². The Hall–Kier alpha value is -3.77. The maximum atomic E-state index is 12.8. The van der Waals surface area contributed by atoms with E-state index >= 15 is 0 Å². The van der Waals surface area contributed by atoms with Gasteiger partial charge in [0.25, 0.3) is 5.91 Å². The number of pyridine rings is 1. The van der Waals surface area contributed by atoms with Crippen molar-refractivity contribution in [1.29, 1.82) is 0 Å². The van der Waals surface area contributed by atoms with E-state index in [2.05, 4.69) is 63.3 Å². The SMILES string of the molecule is CCC1CCC(c2ccc(-c3ccc(-c4ccc(CC(NC(=O)c5ccc(C(C)(C)C)s5)C(=O)O)cc4)nc3)cc2)CC1. The van der Waals surface area contributed by atoms with Gasteiger partial charge in [0.05, 0.1) is 10.6 Å². The summed E-state index contributed by atoms with van der Waals surface area (Å²) in [6.07, 6.45) is 8.70. The lowest BCUT2D eigenvalue weighted by atomic mass is 9.78. The Labute approximate surface area is 259 Å². The Morgan fingerprint density at radius 3 is 2.09 bits per heavy atom. The lowest BCUT2D eigenvalue weighted by Crippen LogP contribution is -2.42. The van der Waals surface area contributed by atoms with Gasteiger partial charge in [0, 0.05) is 28.6 Å². The molecule has 6 heteroatoms. The third-order valence-electron chi connectivity index (χ3n) is 8.76. The van der Waals surface area contributed by atoms with Gasteiger partial charge in [0.2, 0.25) is 0 Å². The molecule has 2 aromatic heterocycles. The van der Waals surface area contributed by atoms with E-state index in [-0.39, 0.29) is 17.7 Å². The first-order chi connectivity index (χ1) is 20.6. The van der Waals surface area contributed by atoms with Gasteiger partial charge >= 0.3 is 5.97 Å². The highest BCUT2D eigenvalue weighted by atomic mass is 32.1. The number of aliphatic carboxylic acids is 1. The fourth-order valence-electron chi connectivity index (χ4n) is 5.93. The molecule has 4 aromatic rings. The van der Waals surface area contributed by atoms with Gasteiger partial charge in [-0.15, -0.1) is 11.3 Å². The molecule has 43 heavy (non-hydrogen) atoms. The van der Waals surface area contributed by atoms with E-state index in [1.165, 1.54) is 54.6 Å². The van der Waals surface area contributed by atoms with Crippen LogP contribution in [0, 0.1) is 5.92 Å². The number of amides is 1. The van der Waals surface area contributed by atoms with E-state index in [0.717, 1.165) is 33.2 Å². The number of thiophene rings is 1. The highest BCUT2D eigenvalue weighted by Gasteiger charge is 2.24. The number of benzene rings is 2. The zero-order valence-electron chi connectivity index (χ0n) is 25.6. The molecule has 1 fully saturated rings. The van der Waals surface area contributed by atoms with E-state index in [1.54, 1.807) is 6.07 Å². The van der Waals surface area contributed by atoms with Crippen molar-refractivity contribution in [3.05, 3.63) is 99.9 Å². The van der Waals surface area contributed by atoms with E-state index in [4.69, 9.17) is 4.98 Å². The maximum Gasteiger partial charge on any atom is 0.326 e. The molecule has 5 nitrogen and oxygen atoms in total. The minimum absolute atomic E-state index is 0.0646. The number of aromatic nitrogens is 1. The second-order valence-electron chi connectivity index (χ2n) is 12.9. The van der Waals surface area contributed by atoms with Crippen LogP contribution in [0.3, 0.4) is 0 Å². The fraction of sp³-hybridized carbons (Fsp3) is 0.378. The number of carboxylic acid groups (broad SMARTS) is 1. The Morgan fingerprint density at radius 1 is 0.884 bits per heavy atom. The molecular weight excluding hydrogens is 552 g/mol. The van der Waals surface area contributed by atoms with Crippen LogP contribution in [-0.2, 0) is 16.6 Å². The summed E-state index contributed by atoms with van der Waals surface area (Å²) in [5.41, 5.74) is 6.28. The zero-order chi connectivity index (χ0) is 30.6. The van der Waals surface area contributed by atoms with Gasteiger partial charge in [-0.3, -0.25) is 9.78 Å². The van der Waals surface area contributed by atoms with Crippen molar-refractivity contribution < 1.29 is 14.7 Å². The van der Waals surface area contributed by atoms with Gasteiger partial charge in [-0.25, -0.2) is 4.79 Å². The highest BCUT2D eigenvalue weighted by Crippen LogP contribution is 2.37. The molecule has 1 unspecified atom stereocenters. The van der Waals surface area contributed by atoms with Gasteiger partial charge in [0.15, 0.2) is 0 Å². The van der Waals surface area contributed by atoms with Gasteiger partial charge in [-0.05, 0) is 77.8 Å². The van der Waals surface area contributed by atoms with Crippen LogP contribution in [0.2, 0.25) is 0 Å². The second-order valence-corrected chi connectivity index (χ2v) is 13.9. The molecule has 1 atom stereocenters. The third kappa shape index (κ3) is 7.61. The molecule has 1 aliphatic carbocycles. The first-order valence-electron chi connectivity index (χ1n) is 15.4. The van der Waals surface area contributed by atoms with Crippen LogP contribution in [0.4, 0.5) is 0 Å². The summed E-state index contributed by atoms with van der Waals surface area (Å²) in [6, 6.07) is 23.5. The van der Waals surface area contributed by atoms with Crippen LogP contribution in [-0.4, -0.2) is 28.0 Å². The van der Waals surface area contributed by atoms with Gasteiger partial charge in [-0.2, -0.15) is 0 Å². The van der Waals surface area contributed by atoms with Crippen LogP contribution in [0.25, 0.3) is 22.4 Å². The Kier molecular flexibility index (Phi) is 9.46. The quantitative estimate of drug-likeness (QED) is 0.203. The van der Waals surface area contributed by atoms with Crippen LogP contribution in [0.15, 0.2) is 79.0 Å². The smallest absolute Gasteiger partial charge is 0.326 e. The molecule has 0 spiro atoms. The van der Waals surface area contributed by atoms with Crippen molar-refractivity contribution in [2.75, 3.05) is 0 Å². The number of carboxylic acids is 1. The number of nitrogens with zero attached hydrogens (tertiary/aromatic N) is 1. The molecule has 2 heterocycles. The predicted octanol–water partition coefficient (Wildman–Crippen LogP) is 8.88. The lowest BCUT2D eigenvalue weighted by molar-refractivity contribution is -0.139. The van der Waals surface area contributed by atoms with Gasteiger partial charge in [-0.1, -0.05) is 88.7 Å². The minimum atomic E-state index is -1.06. The average molecular weight is 595 g/mol. The van der Waals surface area contributed by atoms with Crippen molar-refractivity contribution in [2.45, 2.75) is 83.6 Å². The monoisotopic (exact) mass is 594 g/mol. The predicted molar refractivity (Wildman–Crippen MR) is 176 cm³/mol. The van der Waals surface area contributed by atoms with E-state index in [9.17, 15) is 14.7 Å². The van der Waals surface area contributed by atoms with Crippen molar-refractivity contribution in [2.24, 2.45) is 5.92 Å². The number of hydrogen-bond donors (Lipinski definition) is 2. The summed E-state index contributed by atoms with van der Waals surface area (Å²) < 4.78 is 0. The summed E-state index contributed by atoms with van der Waals surface area (Å²) in [5.74, 6) is 0.177. The molecule has 0 aliphatic heterocycles. The number of hydrogen-bond acceptors (Lipinski definition) is 4. The number of rotatable bonds is 9. The second kappa shape index (κ2) is 13.3. The molecule has 0 radical (unpaired) electrons. The molecule has 2 N–H and O–H groups in total. The maximum absolute atomic E-state index is 12.8. The highest BCUT2D eigenvalue weighted by molar-refractivity contribution is 7.14. The summed E-state index contributed by atoms with van der Waals surface area (Å²) in [7, 11) is 0. The molecule has 1 saturated carbocycles. The number of nitrogens with one attached hydrogen (secondary N) is 1. The van der Waals surface area contributed by atoms with Crippen LogP contribution < -0.4 is 5.32 Å². The number of carbonyl (C=O) groups is 2. The molecule has 5 rings (SSSR count). The standard InChI is InChI=1S/C37H42N2O3S/c1-5-24-6-10-26(11-7-24)27-14-16-28(17-15-27)30-18-19-31(38-23-30)29-12-8-25(9-13-29)22-32(36(41)42)39-35(40)33-20-21-34(43-33)37(2,3)4/h8-9,12-21,23-24,26,32H,5-7,10-11,22H2,1-4H3,(H,39,40)(H,41,42). The Bertz CT molecular complexity index is 1520. The average Bonchev–Trinajstić information content (AvgIpc) is 3.53. The van der Waals surface area contributed by atoms with Gasteiger partial charge < -0.3 is 10.4 Å². The first-order valence-corrected chi connectivity index (χ1v) is 16.2. The summed E-state index contributed by atoms with van der Waals surface area (Å²) >= 11 is 1.40. The Morgan fingerprint density at radius 2 is 1.53 bits per heavy atom. The van der Waals surface area contributed by atoms with Gasteiger partial charge in [0.1, 0.15) is 6.04 Å². The minimum Gasteiger partial charge on any atom is -0.480 e. The molecule has 0 saturated heterocycles. The molecule has 224 valence electrons. The molecule has 2 aromatic carbocycles. The third-order valence-corrected chi connectivity index (χ3v) is 10.3. The number of carbonyl (C=O) groups excluding carboxylic acids is 1. The molecular formula is C37H42N2O3S. The largest absolute Gasteiger partial charge is 0.480 e. The summed E-state index contributed by atoms with van der Waals surface area (Å²) in [6.45, 7) is 8.57. The van der Waals surface area contributed by atoms with Crippen LogP contribution >= 0.6 is 11.3 Å². The van der Waals surface area contributed by atoms with Crippen molar-refractivity contribution in [3.63, 3.8) is 0 Å². The summed E-state index contributed by atoms with van der Waals surface area (Å²) in [5, 5.41) is 12.5. The van der Waals surface area contributed by atoms with Crippen molar-refractivity contribution in [3.8, 4) is 22.4 Å². The normalized spacial score (nSPS) is 17.8. The lowest BCUT2D eigenvalue weighted by Gasteiger charge is -2.28. The van der Waals surface area contributed by atoms with Crippen LogP contribution in [0.1, 0.15) is 91.4 Å². The zero-order valence-corrected chi connectivity index (χ0v) is 26.4. The van der Waals surface area contributed by atoms with E-state index in [1.807, 2.05) is 42.6 Å². The van der Waals surface area contributed by atoms with E-state index in [0.29, 0.717) is 10.8 Å². The Balaban J connectivity index is 1.19. The van der Waals surface area contributed by atoms with Crippen molar-refractivity contribution >= 4 is 23.2 Å². The van der Waals surface area contributed by atoms with Crippen LogP contribution in [0.5, 0.6) is 0 Å².